The third kappa shape index (κ3) is 4.66. The Morgan fingerprint density at radius 3 is 2.62 bits per heavy atom. The van der Waals surface area contributed by atoms with Gasteiger partial charge in [0.1, 0.15) is 0 Å². The first-order valence-corrected chi connectivity index (χ1v) is 7.16. The fraction of sp³-hybridized carbons (Fsp3) is 0.455. The molecule has 1 N–H and O–H groups in total. The maximum atomic E-state index is 8.70. The molecular weight excluding hydrogens is 276 g/mol. The van der Waals surface area contributed by atoms with Crippen LogP contribution in [0.1, 0.15) is 19.8 Å². The third-order valence-electron chi connectivity index (χ3n) is 1.85. The topological polar surface area (TPSA) is 20.2 Å². The van der Waals surface area contributed by atoms with Crippen LogP contribution in [0.3, 0.4) is 0 Å². The van der Waals surface area contributed by atoms with Crippen LogP contribution in [0, 0.1) is 0 Å². The summed E-state index contributed by atoms with van der Waals surface area (Å²) in [7, 11) is 0. The van der Waals surface area contributed by atoms with Crippen LogP contribution in [0.25, 0.3) is 0 Å². The van der Waals surface area contributed by atoms with Gasteiger partial charge < -0.3 is 0 Å². The van der Waals surface area contributed by atoms with Crippen LogP contribution in [0.5, 0.6) is 0 Å². The molecule has 0 radical (unpaired) electrons. The number of hydrogen-bond donors (Lipinski definition) is 1. The Kier molecular flexibility index (Phi) is 5.46. The van der Waals surface area contributed by atoms with E-state index in [2.05, 4.69) is 37.3 Å². The van der Waals surface area contributed by atoms with E-state index in [1.54, 1.807) is 0 Å². The number of benzene rings is 1. The van der Waals surface area contributed by atoms with Crippen LogP contribution in [-0.4, -0.2) is 32.6 Å². The van der Waals surface area contributed by atoms with Gasteiger partial charge in [0, 0.05) is 0 Å². The molecule has 1 unspecified atom stereocenters. The average molecular weight is 292 g/mol. The molecule has 0 bridgehead atoms. The van der Waals surface area contributed by atoms with E-state index in [-0.39, 0.29) is 20.9 Å². The van der Waals surface area contributed by atoms with Crippen molar-refractivity contribution in [3.63, 3.8) is 0 Å². The van der Waals surface area contributed by atoms with E-state index in [0.717, 1.165) is 10.4 Å². The molecule has 0 aliphatic carbocycles. The second-order valence-corrected chi connectivity index (χ2v) is 7.42. The number of rotatable bonds is 5. The van der Waals surface area contributed by atoms with Crippen molar-refractivity contribution in [3.05, 3.63) is 30.3 Å². The summed E-state index contributed by atoms with van der Waals surface area (Å²) in [4.78, 5) is 0. The van der Waals surface area contributed by atoms with Crippen molar-refractivity contribution in [3.8, 4) is 0 Å². The van der Waals surface area contributed by atoms with Crippen molar-refractivity contribution in [2.24, 2.45) is 0 Å². The van der Waals surface area contributed by atoms with Crippen molar-refractivity contribution in [1.29, 1.82) is 0 Å². The summed E-state index contributed by atoms with van der Waals surface area (Å²) in [6.07, 6.45) is 2.13. The molecule has 0 amide bonds. The Morgan fingerprint density at radius 2 is 2.00 bits per heavy atom. The molecule has 0 fully saturated rings. The molecule has 1 atom stereocenters. The standard InChI is InChI=1S/C11H16OTe/c1-10(6-5-9-12)13-11-7-3-2-4-8-11/h2-4,7-8,10,12H,5-6,9H2,1H3. The molecule has 1 nitrogen and oxygen atoms in total. The van der Waals surface area contributed by atoms with Crippen molar-refractivity contribution in [2.45, 2.75) is 23.7 Å². The van der Waals surface area contributed by atoms with Gasteiger partial charge in [-0.1, -0.05) is 0 Å². The quantitative estimate of drug-likeness (QED) is 0.817. The monoisotopic (exact) mass is 294 g/mol. The van der Waals surface area contributed by atoms with Crippen LogP contribution in [0.2, 0.25) is 3.97 Å². The van der Waals surface area contributed by atoms with Crippen LogP contribution in [0.4, 0.5) is 0 Å². The molecule has 1 aromatic rings. The Labute approximate surface area is 90.3 Å². The second kappa shape index (κ2) is 6.43. The van der Waals surface area contributed by atoms with Crippen molar-refractivity contribution in [2.75, 3.05) is 6.61 Å². The first-order chi connectivity index (χ1) is 6.33. The zero-order valence-electron chi connectivity index (χ0n) is 7.94. The van der Waals surface area contributed by atoms with E-state index in [1.165, 1.54) is 10.0 Å². The molecule has 1 aromatic carbocycles. The SMILES string of the molecule is CC(CCCO)[Te]c1ccccc1. The van der Waals surface area contributed by atoms with Gasteiger partial charge in [0.15, 0.2) is 0 Å². The van der Waals surface area contributed by atoms with E-state index < -0.39 is 0 Å². The molecule has 0 spiro atoms. The second-order valence-electron chi connectivity index (χ2n) is 3.11. The van der Waals surface area contributed by atoms with Gasteiger partial charge in [-0.3, -0.25) is 0 Å². The molecule has 0 heterocycles. The van der Waals surface area contributed by atoms with E-state index >= 15 is 0 Å². The summed E-state index contributed by atoms with van der Waals surface area (Å²) >= 11 is -0.0388. The molecule has 0 saturated heterocycles. The first kappa shape index (κ1) is 11.0. The van der Waals surface area contributed by atoms with Crippen molar-refractivity contribution < 1.29 is 5.11 Å². The van der Waals surface area contributed by atoms with Gasteiger partial charge in [0.2, 0.25) is 0 Å². The third-order valence-corrected chi connectivity index (χ3v) is 5.22. The van der Waals surface area contributed by atoms with Crippen molar-refractivity contribution in [1.82, 2.24) is 0 Å². The van der Waals surface area contributed by atoms with Gasteiger partial charge in [-0.15, -0.1) is 0 Å². The summed E-state index contributed by atoms with van der Waals surface area (Å²) in [5.74, 6) is 0. The fourth-order valence-corrected chi connectivity index (χ4v) is 4.20. The maximum absolute atomic E-state index is 8.70. The molecule has 1 rings (SSSR count). The summed E-state index contributed by atoms with van der Waals surface area (Å²) in [5.41, 5.74) is 0. The Hall–Kier alpha value is -0.0304. The zero-order valence-corrected chi connectivity index (χ0v) is 10.3. The molecule has 0 aromatic heterocycles. The number of aliphatic hydroxyl groups is 1. The van der Waals surface area contributed by atoms with Gasteiger partial charge >= 0.3 is 90.3 Å². The average Bonchev–Trinajstić information content (AvgIpc) is 2.16. The van der Waals surface area contributed by atoms with E-state index in [0.29, 0.717) is 6.61 Å². The van der Waals surface area contributed by atoms with E-state index in [1.807, 2.05) is 0 Å². The Morgan fingerprint density at radius 1 is 1.31 bits per heavy atom. The molecular formula is C11H16OTe. The predicted molar refractivity (Wildman–Crippen MR) is 57.6 cm³/mol. The molecule has 13 heavy (non-hydrogen) atoms. The summed E-state index contributed by atoms with van der Waals surface area (Å²) < 4.78 is 2.33. The fourth-order valence-electron chi connectivity index (χ4n) is 1.17. The minimum atomic E-state index is -0.0388. The van der Waals surface area contributed by atoms with E-state index in [4.69, 9.17) is 5.11 Å². The molecule has 0 aliphatic heterocycles. The molecule has 0 aliphatic rings. The van der Waals surface area contributed by atoms with Crippen LogP contribution >= 0.6 is 0 Å². The molecule has 0 saturated carbocycles. The zero-order chi connectivity index (χ0) is 9.52. The van der Waals surface area contributed by atoms with Crippen LogP contribution in [-0.2, 0) is 0 Å². The summed E-state index contributed by atoms with van der Waals surface area (Å²) in [6, 6.07) is 10.7. The van der Waals surface area contributed by atoms with Crippen molar-refractivity contribution >= 4 is 24.5 Å². The molecule has 72 valence electrons. The predicted octanol–water partition coefficient (Wildman–Crippen LogP) is 1.60. The van der Waals surface area contributed by atoms with Crippen LogP contribution in [0.15, 0.2) is 30.3 Å². The number of hydrogen-bond acceptors (Lipinski definition) is 1. The Bertz CT molecular complexity index is 223. The van der Waals surface area contributed by atoms with Gasteiger partial charge in [0.05, 0.1) is 0 Å². The number of aliphatic hydroxyl groups excluding tert-OH is 1. The van der Waals surface area contributed by atoms with Gasteiger partial charge in [-0.2, -0.15) is 0 Å². The summed E-state index contributed by atoms with van der Waals surface area (Å²) in [6.45, 7) is 2.64. The first-order valence-electron chi connectivity index (χ1n) is 4.65. The van der Waals surface area contributed by atoms with Gasteiger partial charge in [-0.25, -0.2) is 0 Å². The normalized spacial score (nSPS) is 12.8. The molecule has 2 heteroatoms. The minimum absolute atomic E-state index is 0.0388. The van der Waals surface area contributed by atoms with Gasteiger partial charge in [0.25, 0.3) is 0 Å². The van der Waals surface area contributed by atoms with Gasteiger partial charge in [-0.05, 0) is 0 Å². The summed E-state index contributed by atoms with van der Waals surface area (Å²) in [5, 5.41) is 8.70. The van der Waals surface area contributed by atoms with E-state index in [9.17, 15) is 0 Å². The Balaban J connectivity index is 2.32. The van der Waals surface area contributed by atoms with Crippen LogP contribution < -0.4 is 3.61 Å².